The van der Waals surface area contributed by atoms with Crippen molar-refractivity contribution in [3.63, 3.8) is 0 Å². The number of aromatic nitrogens is 2. The third kappa shape index (κ3) is 3.98. The summed E-state index contributed by atoms with van der Waals surface area (Å²) < 4.78 is 42.9. The maximum atomic E-state index is 12.9. The van der Waals surface area contributed by atoms with Crippen LogP contribution in [0.1, 0.15) is 16.1 Å². The first kappa shape index (κ1) is 19.4. The van der Waals surface area contributed by atoms with E-state index in [0.29, 0.717) is 10.8 Å². The highest BCUT2D eigenvalue weighted by Crippen LogP contribution is 2.27. The Morgan fingerprint density at radius 2 is 1.71 bits per heavy atom. The lowest BCUT2D eigenvalue weighted by molar-refractivity contribution is -0.275. The number of hydrogen-bond acceptors (Lipinski definition) is 4. The van der Waals surface area contributed by atoms with Crippen LogP contribution in [0.15, 0.2) is 53.3 Å². The predicted molar refractivity (Wildman–Crippen MR) is 95.9 cm³/mol. The van der Waals surface area contributed by atoms with Gasteiger partial charge in [0.2, 0.25) is 0 Å². The van der Waals surface area contributed by atoms with E-state index in [4.69, 9.17) is 0 Å². The number of rotatable bonds is 4. The van der Waals surface area contributed by atoms with Crippen LogP contribution in [0.2, 0.25) is 0 Å². The number of benzene rings is 2. The second-order valence-electron chi connectivity index (χ2n) is 6.14. The molecular formula is C19H16F3N3O3. The summed E-state index contributed by atoms with van der Waals surface area (Å²) in [7, 11) is 2.87. The topological polar surface area (TPSA) is 64.4 Å². The fourth-order valence-electron chi connectivity index (χ4n) is 2.82. The normalized spacial score (nSPS) is 11.5. The highest BCUT2D eigenvalue weighted by molar-refractivity contribution is 6.04. The molecule has 0 aliphatic rings. The van der Waals surface area contributed by atoms with Crippen LogP contribution in [0.4, 0.5) is 13.2 Å². The smallest absolute Gasteiger partial charge is 0.405 e. The molecule has 0 saturated heterocycles. The van der Waals surface area contributed by atoms with E-state index in [9.17, 15) is 22.8 Å². The molecule has 9 heteroatoms. The summed E-state index contributed by atoms with van der Waals surface area (Å²) >= 11 is 0. The summed E-state index contributed by atoms with van der Waals surface area (Å²) in [5.74, 6) is -0.915. The number of carbonyl (C=O) groups excluding carboxylic acids is 1. The van der Waals surface area contributed by atoms with Crippen molar-refractivity contribution >= 4 is 16.7 Å². The Balaban J connectivity index is 1.95. The Hall–Kier alpha value is -3.36. The average Bonchev–Trinajstić information content (AvgIpc) is 2.64. The monoisotopic (exact) mass is 391 g/mol. The lowest BCUT2D eigenvalue weighted by Crippen LogP contribution is -2.31. The summed E-state index contributed by atoms with van der Waals surface area (Å²) in [6, 6.07) is 12.1. The standard InChI is InChI=1S/C19H16F3N3O3/c1-24(11-12-7-3-6-10-15(12)28-19(20,21)22)18(27)16-13-8-4-5-9-14(13)17(26)25(2)23-16/h3-10H,11H2,1-2H3. The first-order valence-electron chi connectivity index (χ1n) is 8.22. The zero-order valence-corrected chi connectivity index (χ0v) is 15.0. The molecule has 0 unspecified atom stereocenters. The molecule has 2 aromatic carbocycles. The number of nitrogens with zero attached hydrogens (tertiary/aromatic N) is 3. The number of halogens is 3. The summed E-state index contributed by atoms with van der Waals surface area (Å²) in [6.07, 6.45) is -4.84. The van der Waals surface area contributed by atoms with Crippen LogP contribution >= 0.6 is 0 Å². The number of para-hydroxylation sites is 1. The molecule has 0 aliphatic heterocycles. The number of ether oxygens (including phenoxy) is 1. The molecule has 0 atom stereocenters. The van der Waals surface area contributed by atoms with E-state index in [1.165, 1.54) is 37.2 Å². The van der Waals surface area contributed by atoms with Gasteiger partial charge in [-0.05, 0) is 12.1 Å². The number of alkyl halides is 3. The van der Waals surface area contributed by atoms with Crippen LogP contribution in [-0.2, 0) is 13.6 Å². The lowest BCUT2D eigenvalue weighted by atomic mass is 10.1. The summed E-state index contributed by atoms with van der Waals surface area (Å²) in [5.41, 5.74) is -0.127. The van der Waals surface area contributed by atoms with Crippen molar-refractivity contribution in [3.8, 4) is 5.75 Å². The molecule has 0 fully saturated rings. The molecule has 28 heavy (non-hydrogen) atoms. The van der Waals surface area contributed by atoms with Crippen LogP contribution in [0.25, 0.3) is 10.8 Å². The molecule has 0 aliphatic carbocycles. The Morgan fingerprint density at radius 1 is 1.11 bits per heavy atom. The van der Waals surface area contributed by atoms with Gasteiger partial charge in [-0.25, -0.2) is 4.68 Å². The molecule has 1 heterocycles. The Labute approximate surface area is 157 Å². The third-order valence-corrected chi connectivity index (χ3v) is 4.11. The van der Waals surface area contributed by atoms with Gasteiger partial charge in [0.05, 0.1) is 5.39 Å². The molecule has 0 N–H and O–H groups in total. The van der Waals surface area contributed by atoms with Gasteiger partial charge in [0.1, 0.15) is 5.75 Å². The van der Waals surface area contributed by atoms with Crippen molar-refractivity contribution in [2.24, 2.45) is 7.05 Å². The van der Waals surface area contributed by atoms with E-state index < -0.39 is 12.3 Å². The first-order chi connectivity index (χ1) is 13.2. The highest BCUT2D eigenvalue weighted by Gasteiger charge is 2.32. The summed E-state index contributed by atoms with van der Waals surface area (Å²) in [4.78, 5) is 26.3. The molecule has 1 amide bonds. The number of hydrogen-bond donors (Lipinski definition) is 0. The first-order valence-corrected chi connectivity index (χ1v) is 8.22. The molecule has 6 nitrogen and oxygen atoms in total. The number of aryl methyl sites for hydroxylation is 1. The molecule has 0 spiro atoms. The summed E-state index contributed by atoms with van der Waals surface area (Å²) in [6.45, 7) is -0.135. The van der Waals surface area contributed by atoms with Gasteiger partial charge in [-0.1, -0.05) is 36.4 Å². The minimum atomic E-state index is -4.84. The van der Waals surface area contributed by atoms with Crippen LogP contribution < -0.4 is 10.3 Å². The quantitative estimate of drug-likeness (QED) is 0.686. The van der Waals surface area contributed by atoms with Crippen molar-refractivity contribution in [2.75, 3.05) is 7.05 Å². The molecule has 0 bridgehead atoms. The second kappa shape index (κ2) is 7.34. The summed E-state index contributed by atoms with van der Waals surface area (Å²) in [5, 5.41) is 4.76. The largest absolute Gasteiger partial charge is 0.573 e. The van der Waals surface area contributed by atoms with Crippen molar-refractivity contribution in [3.05, 3.63) is 70.1 Å². The number of amides is 1. The van der Waals surface area contributed by atoms with E-state index in [0.717, 1.165) is 4.68 Å². The van der Waals surface area contributed by atoms with Gasteiger partial charge in [0, 0.05) is 31.6 Å². The molecule has 146 valence electrons. The zero-order valence-electron chi connectivity index (χ0n) is 15.0. The van der Waals surface area contributed by atoms with Gasteiger partial charge in [-0.15, -0.1) is 13.2 Å². The van der Waals surface area contributed by atoms with Gasteiger partial charge in [0.15, 0.2) is 5.69 Å². The SMILES string of the molecule is CN(Cc1ccccc1OC(F)(F)F)C(=O)c1nn(C)c(=O)c2ccccc12. The molecule has 3 rings (SSSR count). The van der Waals surface area contributed by atoms with Crippen LogP contribution in [-0.4, -0.2) is 34.0 Å². The van der Waals surface area contributed by atoms with Gasteiger partial charge in [-0.2, -0.15) is 5.10 Å². The maximum Gasteiger partial charge on any atom is 0.573 e. The minimum absolute atomic E-state index is 0.0365. The van der Waals surface area contributed by atoms with E-state index in [2.05, 4.69) is 9.84 Å². The maximum absolute atomic E-state index is 12.9. The third-order valence-electron chi connectivity index (χ3n) is 4.11. The highest BCUT2D eigenvalue weighted by atomic mass is 19.4. The van der Waals surface area contributed by atoms with Crippen molar-refractivity contribution in [1.29, 1.82) is 0 Å². The zero-order chi connectivity index (χ0) is 20.5. The van der Waals surface area contributed by atoms with E-state index in [1.54, 1.807) is 30.3 Å². The molecule has 0 radical (unpaired) electrons. The number of fused-ring (bicyclic) bond motifs is 1. The van der Waals surface area contributed by atoms with Gasteiger partial charge in [0.25, 0.3) is 11.5 Å². The van der Waals surface area contributed by atoms with E-state index in [-0.39, 0.29) is 29.1 Å². The van der Waals surface area contributed by atoms with Crippen LogP contribution in [0.3, 0.4) is 0 Å². The Bertz CT molecular complexity index is 1090. The Kier molecular flexibility index (Phi) is 5.08. The average molecular weight is 391 g/mol. The molecule has 3 aromatic rings. The molecule has 0 saturated carbocycles. The van der Waals surface area contributed by atoms with Gasteiger partial charge in [-0.3, -0.25) is 9.59 Å². The second-order valence-corrected chi connectivity index (χ2v) is 6.14. The van der Waals surface area contributed by atoms with Crippen molar-refractivity contribution < 1.29 is 22.7 Å². The van der Waals surface area contributed by atoms with Crippen molar-refractivity contribution in [2.45, 2.75) is 12.9 Å². The fourth-order valence-corrected chi connectivity index (χ4v) is 2.82. The fraction of sp³-hybridized carbons (Fsp3) is 0.211. The number of carbonyl (C=O) groups is 1. The van der Waals surface area contributed by atoms with Gasteiger partial charge >= 0.3 is 6.36 Å². The Morgan fingerprint density at radius 3 is 2.39 bits per heavy atom. The van der Waals surface area contributed by atoms with E-state index >= 15 is 0 Å². The van der Waals surface area contributed by atoms with Crippen molar-refractivity contribution in [1.82, 2.24) is 14.7 Å². The van der Waals surface area contributed by atoms with Crippen LogP contribution in [0.5, 0.6) is 5.75 Å². The van der Waals surface area contributed by atoms with Gasteiger partial charge < -0.3 is 9.64 Å². The van der Waals surface area contributed by atoms with Crippen LogP contribution in [0, 0.1) is 0 Å². The van der Waals surface area contributed by atoms with E-state index in [1.807, 2.05) is 0 Å². The predicted octanol–water partition coefficient (Wildman–Crippen LogP) is 3.10. The molecule has 1 aromatic heterocycles. The molecular weight excluding hydrogens is 375 g/mol. The lowest BCUT2D eigenvalue weighted by Gasteiger charge is -2.20. The minimum Gasteiger partial charge on any atom is -0.405 e.